The van der Waals surface area contributed by atoms with E-state index in [4.69, 9.17) is 9.47 Å². The van der Waals surface area contributed by atoms with Gasteiger partial charge in [0.15, 0.2) is 11.5 Å². The predicted molar refractivity (Wildman–Crippen MR) is 89.7 cm³/mol. The van der Waals surface area contributed by atoms with E-state index in [-0.39, 0.29) is 10.9 Å². The molecule has 0 N–H and O–H groups in total. The second kappa shape index (κ2) is 6.31. The van der Waals surface area contributed by atoms with E-state index >= 15 is 0 Å². The molecule has 2 aromatic rings. The van der Waals surface area contributed by atoms with Crippen LogP contribution in [0.1, 0.15) is 24.4 Å². The Labute approximate surface area is 146 Å². The molecule has 1 fully saturated rings. The minimum absolute atomic E-state index is 0.110. The molecule has 2 aliphatic rings. The first-order valence-corrected chi connectivity index (χ1v) is 9.67. The number of nitrogens with zero attached hydrogens (tertiary/aromatic N) is 1. The van der Waals surface area contributed by atoms with E-state index in [2.05, 4.69) is 0 Å². The molecule has 5 nitrogen and oxygen atoms in total. The van der Waals surface area contributed by atoms with Gasteiger partial charge < -0.3 is 9.47 Å². The summed E-state index contributed by atoms with van der Waals surface area (Å²) in [4.78, 5) is 0.110. The highest BCUT2D eigenvalue weighted by Gasteiger charge is 2.36. The number of sulfonamides is 1. The average molecular weight is 363 g/mol. The highest BCUT2D eigenvalue weighted by Crippen LogP contribution is 2.40. The minimum Gasteiger partial charge on any atom is -0.486 e. The molecule has 0 saturated carbocycles. The topological polar surface area (TPSA) is 55.8 Å². The highest BCUT2D eigenvalue weighted by atomic mass is 32.2. The van der Waals surface area contributed by atoms with E-state index in [0.717, 1.165) is 18.4 Å². The van der Waals surface area contributed by atoms with Gasteiger partial charge in [0.2, 0.25) is 10.0 Å². The second-order valence-corrected chi connectivity index (χ2v) is 8.02. The molecule has 2 aromatic carbocycles. The quantitative estimate of drug-likeness (QED) is 0.841. The van der Waals surface area contributed by atoms with E-state index in [9.17, 15) is 12.8 Å². The van der Waals surface area contributed by atoms with Crippen LogP contribution in [0.25, 0.3) is 0 Å². The van der Waals surface area contributed by atoms with Gasteiger partial charge in [0.25, 0.3) is 0 Å². The summed E-state index contributed by atoms with van der Waals surface area (Å²) in [6.07, 6.45) is 1.51. The standard InChI is InChI=1S/C18H18FNO4S/c19-14-4-6-15(7-5-14)25(21,22)20-9-1-2-16(20)13-3-8-17-18(12-13)24-11-10-23-17/h3-8,12,16H,1-2,9-11H2/t16-/m1/s1. The second-order valence-electron chi connectivity index (χ2n) is 6.13. The average Bonchev–Trinajstić information content (AvgIpc) is 3.12. The first-order valence-electron chi connectivity index (χ1n) is 8.23. The number of rotatable bonds is 3. The fourth-order valence-corrected chi connectivity index (χ4v) is 5.05. The molecule has 0 aromatic heterocycles. The summed E-state index contributed by atoms with van der Waals surface area (Å²) in [7, 11) is -3.68. The Morgan fingerprint density at radius 3 is 2.48 bits per heavy atom. The summed E-state index contributed by atoms with van der Waals surface area (Å²) < 4.78 is 51.7. The largest absolute Gasteiger partial charge is 0.486 e. The molecule has 7 heteroatoms. The Balaban J connectivity index is 1.67. The third-order valence-corrected chi connectivity index (χ3v) is 6.50. The fraction of sp³-hybridized carbons (Fsp3) is 0.333. The molecule has 0 bridgehead atoms. The van der Waals surface area contributed by atoms with Crippen LogP contribution in [0.2, 0.25) is 0 Å². The molecule has 25 heavy (non-hydrogen) atoms. The zero-order valence-electron chi connectivity index (χ0n) is 13.5. The molecule has 0 radical (unpaired) electrons. The maximum atomic E-state index is 13.1. The Morgan fingerprint density at radius 1 is 1.00 bits per heavy atom. The summed E-state index contributed by atoms with van der Waals surface area (Å²) in [5, 5.41) is 0. The fourth-order valence-electron chi connectivity index (χ4n) is 3.37. The monoisotopic (exact) mass is 363 g/mol. The van der Waals surface area contributed by atoms with Gasteiger partial charge in [-0.15, -0.1) is 0 Å². The lowest BCUT2D eigenvalue weighted by atomic mass is 10.0. The maximum absolute atomic E-state index is 13.1. The summed E-state index contributed by atoms with van der Waals surface area (Å²) in [6.45, 7) is 1.44. The number of fused-ring (bicyclic) bond motifs is 1. The van der Waals surface area contributed by atoms with Gasteiger partial charge in [-0.25, -0.2) is 12.8 Å². The molecular weight excluding hydrogens is 345 g/mol. The van der Waals surface area contributed by atoms with Crippen molar-refractivity contribution < 1.29 is 22.3 Å². The van der Waals surface area contributed by atoms with Gasteiger partial charge in [-0.1, -0.05) is 6.07 Å². The summed E-state index contributed by atoms with van der Waals surface area (Å²) in [5.41, 5.74) is 0.882. The zero-order chi connectivity index (χ0) is 17.4. The SMILES string of the molecule is O=S(=O)(c1ccc(F)cc1)N1CCC[C@@H]1c1ccc2c(c1)OCCO2. The lowest BCUT2D eigenvalue weighted by Gasteiger charge is -2.26. The van der Waals surface area contributed by atoms with Gasteiger partial charge in [0, 0.05) is 6.54 Å². The van der Waals surface area contributed by atoms with Crippen LogP contribution >= 0.6 is 0 Å². The molecular formula is C18H18FNO4S. The molecule has 0 amide bonds. The molecule has 2 aliphatic heterocycles. The van der Waals surface area contributed by atoms with E-state index in [1.54, 1.807) is 0 Å². The van der Waals surface area contributed by atoms with Crippen molar-refractivity contribution in [3.63, 3.8) is 0 Å². The van der Waals surface area contributed by atoms with Crippen LogP contribution in [-0.2, 0) is 10.0 Å². The Kier molecular flexibility index (Phi) is 4.13. The molecule has 0 aliphatic carbocycles. The van der Waals surface area contributed by atoms with Crippen LogP contribution in [0.4, 0.5) is 4.39 Å². The van der Waals surface area contributed by atoms with Gasteiger partial charge in [-0.05, 0) is 54.8 Å². The highest BCUT2D eigenvalue weighted by molar-refractivity contribution is 7.89. The third-order valence-electron chi connectivity index (χ3n) is 4.57. The summed E-state index contributed by atoms with van der Waals surface area (Å²) in [5.74, 6) is 0.875. The number of hydrogen-bond donors (Lipinski definition) is 0. The van der Waals surface area contributed by atoms with Crippen molar-refractivity contribution in [3.05, 3.63) is 53.8 Å². The number of hydrogen-bond acceptors (Lipinski definition) is 4. The van der Waals surface area contributed by atoms with Crippen molar-refractivity contribution in [2.24, 2.45) is 0 Å². The molecule has 4 rings (SSSR count). The first-order chi connectivity index (χ1) is 12.1. The molecule has 0 spiro atoms. The number of ether oxygens (including phenoxy) is 2. The maximum Gasteiger partial charge on any atom is 0.243 e. The number of halogens is 1. The van der Waals surface area contributed by atoms with E-state index in [0.29, 0.717) is 31.3 Å². The van der Waals surface area contributed by atoms with E-state index < -0.39 is 15.8 Å². The van der Waals surface area contributed by atoms with Crippen LogP contribution in [-0.4, -0.2) is 32.5 Å². The lowest BCUT2D eigenvalue weighted by Crippen LogP contribution is -2.30. The van der Waals surface area contributed by atoms with Gasteiger partial charge in [-0.2, -0.15) is 4.31 Å². The summed E-state index contributed by atoms with van der Waals surface area (Å²) in [6, 6.07) is 10.3. The van der Waals surface area contributed by atoms with Crippen molar-refractivity contribution in [2.75, 3.05) is 19.8 Å². The van der Waals surface area contributed by atoms with Gasteiger partial charge in [-0.3, -0.25) is 0 Å². The third kappa shape index (κ3) is 2.98. The summed E-state index contributed by atoms with van der Waals surface area (Å²) >= 11 is 0. The lowest BCUT2D eigenvalue weighted by molar-refractivity contribution is 0.171. The van der Waals surface area contributed by atoms with Crippen molar-refractivity contribution in [1.29, 1.82) is 0 Å². The number of benzene rings is 2. The predicted octanol–water partition coefficient (Wildman–Crippen LogP) is 3.12. The van der Waals surface area contributed by atoms with Crippen LogP contribution < -0.4 is 9.47 Å². The first kappa shape index (κ1) is 16.4. The van der Waals surface area contributed by atoms with Crippen LogP contribution in [0.5, 0.6) is 11.5 Å². The normalized spacial score (nSPS) is 20.6. The Bertz CT molecular complexity index is 882. The molecule has 132 valence electrons. The van der Waals surface area contributed by atoms with Crippen molar-refractivity contribution in [3.8, 4) is 11.5 Å². The van der Waals surface area contributed by atoms with Crippen molar-refractivity contribution >= 4 is 10.0 Å². The van der Waals surface area contributed by atoms with Crippen molar-refractivity contribution in [1.82, 2.24) is 4.31 Å². The van der Waals surface area contributed by atoms with Crippen LogP contribution in [0, 0.1) is 5.82 Å². The van der Waals surface area contributed by atoms with E-state index in [1.807, 2.05) is 18.2 Å². The smallest absolute Gasteiger partial charge is 0.243 e. The van der Waals surface area contributed by atoms with Gasteiger partial charge in [0.05, 0.1) is 10.9 Å². The van der Waals surface area contributed by atoms with Gasteiger partial charge in [0.1, 0.15) is 19.0 Å². The van der Waals surface area contributed by atoms with Gasteiger partial charge >= 0.3 is 0 Å². The minimum atomic E-state index is -3.68. The molecule has 1 saturated heterocycles. The molecule has 1 atom stereocenters. The van der Waals surface area contributed by atoms with Crippen LogP contribution in [0.3, 0.4) is 0 Å². The Morgan fingerprint density at radius 2 is 1.72 bits per heavy atom. The molecule has 0 unspecified atom stereocenters. The zero-order valence-corrected chi connectivity index (χ0v) is 14.3. The van der Waals surface area contributed by atoms with E-state index in [1.165, 1.54) is 28.6 Å². The van der Waals surface area contributed by atoms with Crippen molar-refractivity contribution in [2.45, 2.75) is 23.8 Å². The molecule has 2 heterocycles. The van der Waals surface area contributed by atoms with Crippen LogP contribution in [0.15, 0.2) is 47.4 Å². The Hall–Kier alpha value is -2.12.